The summed E-state index contributed by atoms with van der Waals surface area (Å²) in [6.45, 7) is 2.24. The quantitative estimate of drug-likeness (QED) is 0.606. The van der Waals surface area contributed by atoms with Crippen molar-refractivity contribution in [3.8, 4) is 11.9 Å². The van der Waals surface area contributed by atoms with E-state index in [0.717, 1.165) is 19.5 Å². The molecule has 0 amide bonds. The largest absolute Gasteiger partial charge is 0.476 e. The van der Waals surface area contributed by atoms with Crippen LogP contribution in [0, 0.1) is 17.2 Å². The van der Waals surface area contributed by atoms with Crippen LogP contribution in [0.5, 0.6) is 5.88 Å². The van der Waals surface area contributed by atoms with Gasteiger partial charge >= 0.3 is 0 Å². The molecule has 1 fully saturated rings. The lowest BCUT2D eigenvalue weighted by Gasteiger charge is -2.19. The van der Waals surface area contributed by atoms with Gasteiger partial charge in [0.1, 0.15) is 11.6 Å². The van der Waals surface area contributed by atoms with Gasteiger partial charge in [0.25, 0.3) is 0 Å². The number of ether oxygens (including phenoxy) is 1. The second-order valence-electron chi connectivity index (χ2n) is 5.16. The Bertz CT molecular complexity index is 705. The van der Waals surface area contributed by atoms with Crippen molar-refractivity contribution < 1.29 is 4.74 Å². The number of hydrogen-bond acceptors (Lipinski definition) is 8. The fraction of sp³-hybridized carbons (Fsp3) is 0.400. The van der Waals surface area contributed by atoms with E-state index in [1.165, 1.54) is 11.8 Å². The number of nitriles is 1. The summed E-state index contributed by atoms with van der Waals surface area (Å²) in [5, 5.41) is 9.94. The third-order valence-corrected chi connectivity index (χ3v) is 4.20. The van der Waals surface area contributed by atoms with Crippen LogP contribution < -0.4 is 9.64 Å². The summed E-state index contributed by atoms with van der Waals surface area (Å²) in [7, 11) is 0. The molecule has 1 aliphatic rings. The van der Waals surface area contributed by atoms with Gasteiger partial charge in [-0.3, -0.25) is 4.98 Å². The first-order valence-corrected chi connectivity index (χ1v) is 8.47. The van der Waals surface area contributed by atoms with Crippen molar-refractivity contribution >= 4 is 17.6 Å². The number of rotatable bonds is 5. The van der Waals surface area contributed by atoms with E-state index in [4.69, 9.17) is 4.74 Å². The highest BCUT2D eigenvalue weighted by atomic mass is 32.2. The summed E-state index contributed by atoms with van der Waals surface area (Å²) in [5.74, 6) is 1.63. The van der Waals surface area contributed by atoms with E-state index < -0.39 is 0 Å². The van der Waals surface area contributed by atoms with Crippen molar-refractivity contribution in [1.29, 1.82) is 5.26 Å². The number of hydrogen-bond donors (Lipinski definition) is 0. The van der Waals surface area contributed by atoms with Gasteiger partial charge in [-0.15, -0.1) is 0 Å². The SMILES string of the molecule is CSc1ncc(C#N)c(N2CCC(COc3cnccn3)C2)n1. The van der Waals surface area contributed by atoms with E-state index in [1.54, 1.807) is 24.8 Å². The molecule has 0 spiro atoms. The molecule has 1 unspecified atom stereocenters. The molecule has 1 aliphatic heterocycles. The summed E-state index contributed by atoms with van der Waals surface area (Å²) < 4.78 is 5.67. The zero-order chi connectivity index (χ0) is 16.1. The van der Waals surface area contributed by atoms with Crippen molar-refractivity contribution in [2.24, 2.45) is 5.92 Å². The van der Waals surface area contributed by atoms with Crippen molar-refractivity contribution in [2.45, 2.75) is 11.6 Å². The third kappa shape index (κ3) is 3.68. The van der Waals surface area contributed by atoms with Gasteiger partial charge in [0.2, 0.25) is 5.88 Å². The van der Waals surface area contributed by atoms with E-state index in [9.17, 15) is 5.26 Å². The molecule has 1 saturated heterocycles. The van der Waals surface area contributed by atoms with Crippen LogP contribution in [0.4, 0.5) is 5.82 Å². The lowest BCUT2D eigenvalue weighted by atomic mass is 10.1. The van der Waals surface area contributed by atoms with Gasteiger partial charge in [0.05, 0.1) is 19.0 Å². The molecular weight excluding hydrogens is 312 g/mol. The summed E-state index contributed by atoms with van der Waals surface area (Å²) in [5.41, 5.74) is 0.512. The Kier molecular flexibility index (Phi) is 4.88. The Morgan fingerprint density at radius 2 is 2.30 bits per heavy atom. The predicted octanol–water partition coefficient (Wildman–Crippen LogP) is 1.77. The summed E-state index contributed by atoms with van der Waals surface area (Å²) in [6, 6.07) is 2.17. The molecule has 7 nitrogen and oxygen atoms in total. The fourth-order valence-corrected chi connectivity index (χ4v) is 2.84. The predicted molar refractivity (Wildman–Crippen MR) is 86.4 cm³/mol. The first kappa shape index (κ1) is 15.5. The molecule has 3 rings (SSSR count). The van der Waals surface area contributed by atoms with Crippen LogP contribution >= 0.6 is 11.8 Å². The zero-order valence-corrected chi connectivity index (χ0v) is 13.5. The average Bonchev–Trinajstić information content (AvgIpc) is 3.09. The molecule has 1 atom stereocenters. The van der Waals surface area contributed by atoms with Gasteiger partial charge < -0.3 is 9.64 Å². The van der Waals surface area contributed by atoms with Crippen LogP contribution in [0.1, 0.15) is 12.0 Å². The van der Waals surface area contributed by atoms with Crippen molar-refractivity contribution in [3.63, 3.8) is 0 Å². The number of aromatic nitrogens is 4. The monoisotopic (exact) mass is 328 g/mol. The highest BCUT2D eigenvalue weighted by Gasteiger charge is 2.26. The van der Waals surface area contributed by atoms with Crippen LogP contribution in [-0.2, 0) is 0 Å². The molecule has 0 bridgehead atoms. The van der Waals surface area contributed by atoms with Crippen LogP contribution in [-0.4, -0.2) is 45.9 Å². The molecule has 0 N–H and O–H groups in total. The van der Waals surface area contributed by atoms with Gasteiger partial charge in [0.15, 0.2) is 11.0 Å². The fourth-order valence-electron chi connectivity index (χ4n) is 2.50. The first-order chi connectivity index (χ1) is 11.3. The molecule has 2 aromatic rings. The van der Waals surface area contributed by atoms with Crippen LogP contribution in [0.3, 0.4) is 0 Å². The topological polar surface area (TPSA) is 87.8 Å². The Morgan fingerprint density at radius 3 is 3.04 bits per heavy atom. The Labute approximate surface area is 138 Å². The third-order valence-electron chi connectivity index (χ3n) is 3.64. The minimum absolute atomic E-state index is 0.372. The molecule has 23 heavy (non-hydrogen) atoms. The second kappa shape index (κ2) is 7.24. The van der Waals surface area contributed by atoms with Crippen LogP contribution in [0.25, 0.3) is 0 Å². The van der Waals surface area contributed by atoms with Gasteiger partial charge in [-0.05, 0) is 12.7 Å². The maximum atomic E-state index is 9.26. The molecule has 118 valence electrons. The molecule has 0 saturated carbocycles. The first-order valence-electron chi connectivity index (χ1n) is 7.25. The van der Waals surface area contributed by atoms with Crippen LogP contribution in [0.15, 0.2) is 29.9 Å². The second-order valence-corrected chi connectivity index (χ2v) is 5.93. The number of anilines is 1. The molecule has 3 heterocycles. The molecule has 0 radical (unpaired) electrons. The Hall–Kier alpha value is -2.40. The summed E-state index contributed by atoms with van der Waals surface area (Å²) in [4.78, 5) is 18.9. The molecule has 2 aromatic heterocycles. The maximum Gasteiger partial charge on any atom is 0.232 e. The normalized spacial score (nSPS) is 17.0. The van der Waals surface area contributed by atoms with E-state index in [-0.39, 0.29) is 0 Å². The molecule has 0 aliphatic carbocycles. The van der Waals surface area contributed by atoms with Crippen molar-refractivity contribution in [1.82, 2.24) is 19.9 Å². The van der Waals surface area contributed by atoms with E-state index in [1.807, 2.05) is 6.26 Å². The summed E-state index contributed by atoms with van der Waals surface area (Å²) in [6.07, 6.45) is 9.34. The zero-order valence-electron chi connectivity index (χ0n) is 12.7. The van der Waals surface area contributed by atoms with Crippen molar-refractivity contribution in [2.75, 3.05) is 30.9 Å². The molecule has 8 heteroatoms. The molecule has 0 aromatic carbocycles. The lowest BCUT2D eigenvalue weighted by molar-refractivity contribution is 0.251. The Morgan fingerprint density at radius 1 is 1.39 bits per heavy atom. The minimum Gasteiger partial charge on any atom is -0.476 e. The lowest BCUT2D eigenvalue weighted by Crippen LogP contribution is -2.24. The van der Waals surface area contributed by atoms with Gasteiger partial charge in [-0.2, -0.15) is 5.26 Å². The van der Waals surface area contributed by atoms with E-state index >= 15 is 0 Å². The highest BCUT2D eigenvalue weighted by Crippen LogP contribution is 2.26. The van der Waals surface area contributed by atoms with Crippen LogP contribution in [0.2, 0.25) is 0 Å². The van der Waals surface area contributed by atoms with E-state index in [0.29, 0.717) is 34.9 Å². The average molecular weight is 328 g/mol. The van der Waals surface area contributed by atoms with E-state index in [2.05, 4.69) is 30.9 Å². The smallest absolute Gasteiger partial charge is 0.232 e. The Balaban J connectivity index is 1.64. The maximum absolute atomic E-state index is 9.26. The number of nitrogens with zero attached hydrogens (tertiary/aromatic N) is 6. The molecular formula is C15H16N6OS. The van der Waals surface area contributed by atoms with Gasteiger partial charge in [-0.25, -0.2) is 15.0 Å². The van der Waals surface area contributed by atoms with Gasteiger partial charge in [-0.1, -0.05) is 11.8 Å². The van der Waals surface area contributed by atoms with Gasteiger partial charge in [0, 0.05) is 31.4 Å². The summed E-state index contributed by atoms with van der Waals surface area (Å²) >= 11 is 1.47. The highest BCUT2D eigenvalue weighted by molar-refractivity contribution is 7.98. The number of thioether (sulfide) groups is 1. The standard InChI is InChI=1S/C15H16N6OS/c1-23-15-19-7-12(6-16)14(20-15)21-5-2-11(9-21)10-22-13-8-17-3-4-18-13/h3-4,7-8,11H,2,5,9-10H2,1H3. The van der Waals surface area contributed by atoms with Crippen molar-refractivity contribution in [3.05, 3.63) is 30.4 Å². The minimum atomic E-state index is 0.372.